The highest BCUT2D eigenvalue weighted by Gasteiger charge is 2.32. The molecular formula is C27H28F5N7O. The molecule has 8 nitrogen and oxygen atoms in total. The number of hydrogen-bond donors (Lipinski definition) is 3. The summed E-state index contributed by atoms with van der Waals surface area (Å²) in [5.41, 5.74) is 2.77. The summed E-state index contributed by atoms with van der Waals surface area (Å²) in [6, 6.07) is 0.621. The number of benzene rings is 1. The van der Waals surface area contributed by atoms with E-state index >= 15 is 4.39 Å². The minimum Gasteiger partial charge on any atom is -0.396 e. The third kappa shape index (κ3) is 4.37. The normalized spacial score (nSPS) is 19.6. The molecule has 0 saturated carbocycles. The molecule has 40 heavy (non-hydrogen) atoms. The number of nitrogens with two attached hydrogens (primary N) is 1. The summed E-state index contributed by atoms with van der Waals surface area (Å²) in [5, 5.41) is 6.60. The molecule has 0 bridgehead atoms. The molecule has 5 rings (SSSR count). The van der Waals surface area contributed by atoms with Crippen LogP contribution in [-0.4, -0.2) is 46.3 Å². The lowest BCUT2D eigenvalue weighted by atomic mass is 9.95. The minimum absolute atomic E-state index is 0.0288. The van der Waals surface area contributed by atoms with Gasteiger partial charge in [-0.25, -0.2) is 36.3 Å². The Hall–Kier alpha value is -4.00. The number of dihydropyridines is 1. The first kappa shape index (κ1) is 27.6. The van der Waals surface area contributed by atoms with E-state index in [1.54, 1.807) is 19.2 Å². The van der Waals surface area contributed by atoms with E-state index < -0.39 is 57.8 Å². The van der Waals surface area contributed by atoms with Gasteiger partial charge in [-0.1, -0.05) is 13.8 Å². The standard InChI is InChI=1S/C27H28F5N7O/c1-11(2)22-24(12(3)5-6-35-22)39-26-14(25(37-27(39)40)38-8-7-34-13(4)10-38)9-15(28)23(36-26)16-17(29)18(30)19(31)20(32)21(16)33/h5-6,9,11,13,22,34-35H,7-8,10,33H2,1-4H3/t13-,22?/m1/s1. The Bertz CT molecular complexity index is 1620. The molecule has 1 aromatic carbocycles. The van der Waals surface area contributed by atoms with Crippen LogP contribution >= 0.6 is 0 Å². The summed E-state index contributed by atoms with van der Waals surface area (Å²) in [6.07, 6.45) is 3.48. The lowest BCUT2D eigenvalue weighted by Crippen LogP contribution is -2.50. The van der Waals surface area contributed by atoms with Crippen molar-refractivity contribution < 1.29 is 22.0 Å². The first-order valence-electron chi connectivity index (χ1n) is 12.8. The molecule has 1 fully saturated rings. The zero-order chi connectivity index (χ0) is 29.0. The number of piperazine rings is 1. The van der Waals surface area contributed by atoms with Gasteiger partial charge in [0.05, 0.1) is 28.4 Å². The summed E-state index contributed by atoms with van der Waals surface area (Å²) < 4.78 is 74.3. The van der Waals surface area contributed by atoms with E-state index in [0.29, 0.717) is 30.9 Å². The number of rotatable bonds is 4. The van der Waals surface area contributed by atoms with Gasteiger partial charge in [0.1, 0.15) is 11.5 Å². The number of allylic oxidation sites excluding steroid dienone is 2. The Balaban J connectivity index is 1.90. The first-order valence-corrected chi connectivity index (χ1v) is 12.8. The summed E-state index contributed by atoms with van der Waals surface area (Å²) in [5.74, 6) is -9.13. The maximum absolute atomic E-state index is 15.7. The van der Waals surface area contributed by atoms with Crippen LogP contribution in [0.3, 0.4) is 0 Å². The Kier molecular flexibility index (Phi) is 7.02. The number of aromatic nitrogens is 3. The van der Waals surface area contributed by atoms with E-state index in [-0.39, 0.29) is 28.8 Å². The fraction of sp³-hybridized carbons (Fsp3) is 0.370. The number of nitrogens with one attached hydrogen (secondary N) is 2. The molecule has 13 heteroatoms. The Morgan fingerprint density at radius 2 is 1.77 bits per heavy atom. The molecule has 0 radical (unpaired) electrons. The van der Waals surface area contributed by atoms with Crippen molar-refractivity contribution in [3.05, 3.63) is 63.5 Å². The highest BCUT2D eigenvalue weighted by molar-refractivity contribution is 5.92. The van der Waals surface area contributed by atoms with Gasteiger partial charge in [0.25, 0.3) is 0 Å². The highest BCUT2D eigenvalue weighted by Crippen LogP contribution is 2.38. The van der Waals surface area contributed by atoms with Crippen molar-refractivity contribution in [3.8, 4) is 11.3 Å². The van der Waals surface area contributed by atoms with Gasteiger partial charge < -0.3 is 21.3 Å². The van der Waals surface area contributed by atoms with Gasteiger partial charge in [-0.3, -0.25) is 0 Å². The topological polar surface area (TPSA) is 101 Å². The van der Waals surface area contributed by atoms with Gasteiger partial charge >= 0.3 is 5.69 Å². The summed E-state index contributed by atoms with van der Waals surface area (Å²) in [7, 11) is 0. The average molecular weight is 562 g/mol. The molecule has 212 valence electrons. The van der Waals surface area contributed by atoms with Gasteiger partial charge in [-0.15, -0.1) is 0 Å². The minimum atomic E-state index is -2.16. The summed E-state index contributed by atoms with van der Waals surface area (Å²) in [6.45, 7) is 9.06. The van der Waals surface area contributed by atoms with E-state index in [2.05, 4.69) is 20.6 Å². The Morgan fingerprint density at radius 3 is 2.45 bits per heavy atom. The highest BCUT2D eigenvalue weighted by atomic mass is 19.2. The summed E-state index contributed by atoms with van der Waals surface area (Å²) >= 11 is 0. The lowest BCUT2D eigenvalue weighted by molar-refractivity contribution is 0.412. The number of pyridine rings is 1. The number of hydrogen-bond acceptors (Lipinski definition) is 7. The molecule has 0 spiro atoms. The van der Waals surface area contributed by atoms with Crippen molar-refractivity contribution in [2.24, 2.45) is 5.92 Å². The fourth-order valence-corrected chi connectivity index (χ4v) is 5.25. The van der Waals surface area contributed by atoms with Crippen molar-refractivity contribution in [1.29, 1.82) is 0 Å². The van der Waals surface area contributed by atoms with Gasteiger partial charge in [-0.2, -0.15) is 4.98 Å². The van der Waals surface area contributed by atoms with Crippen LogP contribution in [0.1, 0.15) is 27.7 Å². The van der Waals surface area contributed by atoms with Crippen molar-refractivity contribution in [3.63, 3.8) is 0 Å². The van der Waals surface area contributed by atoms with E-state index in [0.717, 1.165) is 6.07 Å². The largest absolute Gasteiger partial charge is 0.396 e. The predicted molar refractivity (Wildman–Crippen MR) is 143 cm³/mol. The van der Waals surface area contributed by atoms with Crippen LogP contribution in [0.25, 0.3) is 28.0 Å². The van der Waals surface area contributed by atoms with Gasteiger partial charge in [0.15, 0.2) is 34.7 Å². The van der Waals surface area contributed by atoms with Crippen LogP contribution in [0.15, 0.2) is 28.7 Å². The molecule has 2 aliphatic heterocycles. The molecule has 0 aliphatic carbocycles. The zero-order valence-corrected chi connectivity index (χ0v) is 22.2. The number of halogens is 5. The smallest absolute Gasteiger partial charge is 0.355 e. The zero-order valence-electron chi connectivity index (χ0n) is 22.2. The third-order valence-electron chi connectivity index (χ3n) is 7.23. The molecule has 4 heterocycles. The molecule has 3 aromatic rings. The summed E-state index contributed by atoms with van der Waals surface area (Å²) in [4.78, 5) is 24.1. The molecule has 0 amide bonds. The lowest BCUT2D eigenvalue weighted by Gasteiger charge is -2.34. The Labute approximate surface area is 226 Å². The van der Waals surface area contributed by atoms with Crippen molar-refractivity contribution in [2.45, 2.75) is 39.8 Å². The number of nitrogen functional groups attached to an aromatic ring is 1. The molecule has 2 aromatic heterocycles. The maximum Gasteiger partial charge on any atom is 0.355 e. The number of fused-ring (bicyclic) bond motifs is 1. The van der Waals surface area contributed by atoms with E-state index in [1.807, 2.05) is 25.7 Å². The van der Waals surface area contributed by atoms with Gasteiger partial charge in [-0.05, 0) is 43.7 Å². The second-order valence-electron chi connectivity index (χ2n) is 10.4. The average Bonchev–Trinajstić information content (AvgIpc) is 2.91. The van der Waals surface area contributed by atoms with E-state index in [4.69, 9.17) is 5.73 Å². The van der Waals surface area contributed by atoms with Crippen LogP contribution in [0.2, 0.25) is 0 Å². The molecular weight excluding hydrogens is 533 g/mol. The maximum atomic E-state index is 15.7. The number of anilines is 2. The quantitative estimate of drug-likeness (QED) is 0.192. The number of nitrogens with zero attached hydrogens (tertiary/aromatic N) is 4. The van der Waals surface area contributed by atoms with E-state index in [1.165, 1.54) is 4.57 Å². The molecule has 2 atom stereocenters. The van der Waals surface area contributed by atoms with Crippen molar-refractivity contribution in [1.82, 2.24) is 25.2 Å². The van der Waals surface area contributed by atoms with Crippen LogP contribution < -0.4 is 27.0 Å². The van der Waals surface area contributed by atoms with Gasteiger partial charge in [0, 0.05) is 25.7 Å². The molecule has 1 saturated heterocycles. The SMILES string of the molecule is CC1=C(n2c(=O)nc(N3CCN[C@H](C)C3)c3cc(F)c(-c4c(N)c(F)c(F)c(F)c4F)nc32)C(C(C)C)NC=C1. The molecule has 2 aliphatic rings. The third-order valence-corrected chi connectivity index (χ3v) is 7.23. The predicted octanol–water partition coefficient (Wildman–Crippen LogP) is 3.91. The second-order valence-corrected chi connectivity index (χ2v) is 10.4. The van der Waals surface area contributed by atoms with E-state index in [9.17, 15) is 22.4 Å². The fourth-order valence-electron chi connectivity index (χ4n) is 5.25. The van der Waals surface area contributed by atoms with Crippen LogP contribution in [-0.2, 0) is 0 Å². The Morgan fingerprint density at radius 1 is 1.07 bits per heavy atom. The first-order chi connectivity index (χ1) is 18.9. The van der Waals surface area contributed by atoms with Crippen molar-refractivity contribution >= 4 is 28.2 Å². The monoisotopic (exact) mass is 561 g/mol. The van der Waals surface area contributed by atoms with Crippen LogP contribution in [0, 0.1) is 35.0 Å². The van der Waals surface area contributed by atoms with Crippen molar-refractivity contribution in [2.75, 3.05) is 30.3 Å². The molecule has 1 unspecified atom stereocenters. The second kappa shape index (κ2) is 10.2. The van der Waals surface area contributed by atoms with Crippen LogP contribution in [0.5, 0.6) is 0 Å². The van der Waals surface area contributed by atoms with Crippen LogP contribution in [0.4, 0.5) is 33.5 Å². The van der Waals surface area contributed by atoms with Gasteiger partial charge in [0.2, 0.25) is 0 Å². The molecule has 4 N–H and O–H groups in total.